The maximum Gasteiger partial charge on any atom is 0.155 e. The van der Waals surface area contributed by atoms with Crippen LogP contribution in [0, 0.1) is 0 Å². The highest BCUT2D eigenvalue weighted by Crippen LogP contribution is 2.13. The van der Waals surface area contributed by atoms with Crippen LogP contribution >= 0.6 is 0 Å². The lowest BCUT2D eigenvalue weighted by Crippen LogP contribution is -2.27. The molecular formula is C10H22O3. The fraction of sp³-hybridized carbons (Fsp3) is 1.00. The fourth-order valence-corrected chi connectivity index (χ4v) is 1.07. The highest BCUT2D eigenvalue weighted by Gasteiger charge is 2.15. The number of aliphatic hydroxyl groups is 2. The van der Waals surface area contributed by atoms with Gasteiger partial charge >= 0.3 is 0 Å². The average Bonchev–Trinajstić information content (AvgIpc) is 1.94. The van der Waals surface area contributed by atoms with Crippen molar-refractivity contribution in [1.29, 1.82) is 0 Å². The van der Waals surface area contributed by atoms with E-state index in [0.717, 1.165) is 19.3 Å². The number of hydrogen-bond donors (Lipinski definition) is 2. The molecule has 3 heteroatoms. The van der Waals surface area contributed by atoms with E-state index in [4.69, 9.17) is 9.84 Å². The van der Waals surface area contributed by atoms with Crippen molar-refractivity contribution in [2.45, 2.75) is 58.3 Å². The van der Waals surface area contributed by atoms with E-state index in [9.17, 15) is 5.11 Å². The fourth-order valence-electron chi connectivity index (χ4n) is 1.07. The molecule has 1 atom stereocenters. The van der Waals surface area contributed by atoms with Crippen molar-refractivity contribution in [2.24, 2.45) is 0 Å². The molecule has 1 unspecified atom stereocenters. The molecule has 0 aliphatic heterocycles. The van der Waals surface area contributed by atoms with Gasteiger partial charge in [-0.3, -0.25) is 0 Å². The van der Waals surface area contributed by atoms with Gasteiger partial charge in [-0.1, -0.05) is 6.42 Å². The number of rotatable bonds is 6. The summed E-state index contributed by atoms with van der Waals surface area (Å²) in [4.78, 5) is 0. The normalized spacial score (nSPS) is 14.5. The molecule has 80 valence electrons. The summed E-state index contributed by atoms with van der Waals surface area (Å²) in [5.41, 5.74) is -0.281. The van der Waals surface area contributed by atoms with Crippen LogP contribution in [0.1, 0.15) is 46.5 Å². The molecule has 0 heterocycles. The zero-order valence-corrected chi connectivity index (χ0v) is 8.92. The van der Waals surface area contributed by atoms with E-state index in [1.165, 1.54) is 0 Å². The van der Waals surface area contributed by atoms with Gasteiger partial charge in [0, 0.05) is 6.61 Å². The van der Waals surface area contributed by atoms with Crippen LogP contribution in [-0.2, 0) is 4.74 Å². The van der Waals surface area contributed by atoms with Crippen molar-refractivity contribution in [1.82, 2.24) is 0 Å². The van der Waals surface area contributed by atoms with Crippen molar-refractivity contribution in [3.8, 4) is 0 Å². The first kappa shape index (κ1) is 12.9. The Morgan fingerprint density at radius 3 is 2.23 bits per heavy atom. The largest absolute Gasteiger partial charge is 0.396 e. The first-order valence-corrected chi connectivity index (χ1v) is 4.92. The predicted octanol–water partition coefficient (Wildman–Crippen LogP) is 1.67. The van der Waals surface area contributed by atoms with Crippen molar-refractivity contribution in [3.05, 3.63) is 0 Å². The standard InChI is InChI=1S/C10H22O3/c1-10(2,3)13-9(12)7-5-4-6-8-11/h9,11-12H,4-8H2,1-3H3. The van der Waals surface area contributed by atoms with Gasteiger partial charge in [0.1, 0.15) is 0 Å². The van der Waals surface area contributed by atoms with Crippen LogP contribution < -0.4 is 0 Å². The lowest BCUT2D eigenvalue weighted by Gasteiger charge is -2.23. The molecule has 0 aromatic rings. The van der Waals surface area contributed by atoms with E-state index in [2.05, 4.69) is 0 Å². The van der Waals surface area contributed by atoms with Crippen LogP contribution in [0.3, 0.4) is 0 Å². The van der Waals surface area contributed by atoms with E-state index >= 15 is 0 Å². The quantitative estimate of drug-likeness (QED) is 0.495. The number of ether oxygens (including phenoxy) is 1. The Kier molecular flexibility index (Phi) is 6.29. The second-order valence-electron chi connectivity index (χ2n) is 4.26. The Labute approximate surface area is 80.7 Å². The molecule has 0 amide bonds. The van der Waals surface area contributed by atoms with Gasteiger partial charge in [0.15, 0.2) is 6.29 Å². The van der Waals surface area contributed by atoms with E-state index in [-0.39, 0.29) is 12.2 Å². The molecule has 0 bridgehead atoms. The first-order valence-electron chi connectivity index (χ1n) is 4.92. The number of aliphatic hydroxyl groups excluding tert-OH is 2. The number of hydrogen-bond acceptors (Lipinski definition) is 3. The monoisotopic (exact) mass is 190 g/mol. The molecule has 0 rings (SSSR count). The van der Waals surface area contributed by atoms with Gasteiger partial charge in [-0.25, -0.2) is 0 Å². The van der Waals surface area contributed by atoms with Crippen molar-refractivity contribution in [2.75, 3.05) is 6.61 Å². The maximum absolute atomic E-state index is 9.40. The molecule has 3 nitrogen and oxygen atoms in total. The molecule has 0 radical (unpaired) electrons. The molecule has 0 spiro atoms. The molecule has 0 aromatic carbocycles. The van der Waals surface area contributed by atoms with E-state index in [1.807, 2.05) is 20.8 Å². The minimum Gasteiger partial charge on any atom is -0.396 e. The molecule has 13 heavy (non-hydrogen) atoms. The van der Waals surface area contributed by atoms with Gasteiger partial charge in [0.25, 0.3) is 0 Å². The zero-order chi connectivity index (χ0) is 10.3. The van der Waals surface area contributed by atoms with Gasteiger partial charge in [-0.2, -0.15) is 0 Å². The summed E-state index contributed by atoms with van der Waals surface area (Å²) in [6, 6.07) is 0. The summed E-state index contributed by atoms with van der Waals surface area (Å²) in [5, 5.41) is 17.9. The Morgan fingerprint density at radius 2 is 1.77 bits per heavy atom. The maximum atomic E-state index is 9.40. The lowest BCUT2D eigenvalue weighted by molar-refractivity contribution is -0.168. The average molecular weight is 190 g/mol. The zero-order valence-electron chi connectivity index (χ0n) is 8.92. The summed E-state index contributed by atoms with van der Waals surface area (Å²) >= 11 is 0. The Bertz CT molecular complexity index is 118. The topological polar surface area (TPSA) is 49.7 Å². The minimum absolute atomic E-state index is 0.232. The lowest BCUT2D eigenvalue weighted by atomic mass is 10.1. The van der Waals surface area contributed by atoms with Crippen LogP contribution in [0.5, 0.6) is 0 Å². The summed E-state index contributed by atoms with van der Waals surface area (Å²) in [5.74, 6) is 0. The van der Waals surface area contributed by atoms with Crippen molar-refractivity contribution in [3.63, 3.8) is 0 Å². The highest BCUT2D eigenvalue weighted by atomic mass is 16.6. The molecule has 0 saturated heterocycles. The van der Waals surface area contributed by atoms with Crippen LogP contribution in [-0.4, -0.2) is 28.7 Å². The summed E-state index contributed by atoms with van der Waals surface area (Å²) < 4.78 is 5.31. The van der Waals surface area contributed by atoms with Crippen LogP contribution in [0.25, 0.3) is 0 Å². The van der Waals surface area contributed by atoms with Gasteiger partial charge in [-0.15, -0.1) is 0 Å². The van der Waals surface area contributed by atoms with Gasteiger partial charge in [0.2, 0.25) is 0 Å². The SMILES string of the molecule is CC(C)(C)OC(O)CCCCCO. The van der Waals surface area contributed by atoms with Crippen molar-refractivity contribution >= 4 is 0 Å². The van der Waals surface area contributed by atoms with Crippen LogP contribution in [0.2, 0.25) is 0 Å². The summed E-state index contributed by atoms with van der Waals surface area (Å²) in [7, 11) is 0. The van der Waals surface area contributed by atoms with E-state index < -0.39 is 6.29 Å². The molecule has 0 saturated carbocycles. The van der Waals surface area contributed by atoms with Gasteiger partial charge in [0.05, 0.1) is 5.60 Å². The molecule has 0 aromatic heterocycles. The van der Waals surface area contributed by atoms with Gasteiger partial charge in [-0.05, 0) is 40.0 Å². The molecule has 2 N–H and O–H groups in total. The van der Waals surface area contributed by atoms with E-state index in [1.54, 1.807) is 0 Å². The van der Waals surface area contributed by atoms with Crippen molar-refractivity contribution < 1.29 is 14.9 Å². The van der Waals surface area contributed by atoms with E-state index in [0.29, 0.717) is 6.42 Å². The van der Waals surface area contributed by atoms with Gasteiger partial charge < -0.3 is 14.9 Å². The molecular weight excluding hydrogens is 168 g/mol. The Hall–Kier alpha value is -0.120. The first-order chi connectivity index (χ1) is 5.95. The Morgan fingerprint density at radius 1 is 1.15 bits per heavy atom. The highest BCUT2D eigenvalue weighted by molar-refractivity contribution is 4.60. The van der Waals surface area contributed by atoms with Crippen LogP contribution in [0.15, 0.2) is 0 Å². The Balaban J connectivity index is 3.35. The predicted molar refractivity (Wildman–Crippen MR) is 52.4 cm³/mol. The molecule has 0 aliphatic carbocycles. The second-order valence-corrected chi connectivity index (χ2v) is 4.26. The molecule has 0 aliphatic rings. The second kappa shape index (κ2) is 6.35. The third-order valence-corrected chi connectivity index (χ3v) is 1.60. The summed E-state index contributed by atoms with van der Waals surface area (Å²) in [6.07, 6.45) is 2.64. The smallest absolute Gasteiger partial charge is 0.155 e. The molecule has 0 fully saturated rings. The third-order valence-electron chi connectivity index (χ3n) is 1.60. The van der Waals surface area contributed by atoms with Crippen LogP contribution in [0.4, 0.5) is 0 Å². The third kappa shape index (κ3) is 9.80. The number of unbranched alkanes of at least 4 members (excludes halogenated alkanes) is 2. The summed E-state index contributed by atoms with van der Waals surface area (Å²) in [6.45, 7) is 5.99. The minimum atomic E-state index is -0.668.